The Morgan fingerprint density at radius 2 is 1.93 bits per heavy atom. The van der Waals surface area contributed by atoms with Crippen molar-refractivity contribution in [1.29, 1.82) is 0 Å². The molecular weight excluding hydrogens is 366 g/mol. The Morgan fingerprint density at radius 3 is 2.67 bits per heavy atom. The van der Waals surface area contributed by atoms with E-state index in [1.54, 1.807) is 16.7 Å². The first kappa shape index (κ1) is 23.5. The van der Waals surface area contributed by atoms with Crippen LogP contribution in [0.2, 0.25) is 0 Å². The van der Waals surface area contributed by atoms with Gasteiger partial charge in [0.2, 0.25) is 0 Å². The first-order valence-corrected chi connectivity index (χ1v) is 12.5. The zero-order chi connectivity index (χ0) is 21.7. The van der Waals surface area contributed by atoms with Gasteiger partial charge in [-0.3, -0.25) is 0 Å². The number of hydrogen-bond donors (Lipinski definition) is 0. The van der Waals surface area contributed by atoms with Gasteiger partial charge in [-0.15, -0.1) is 0 Å². The van der Waals surface area contributed by atoms with Crippen LogP contribution in [-0.2, 0) is 11.2 Å². The Labute approximate surface area is 186 Å². The van der Waals surface area contributed by atoms with Crippen LogP contribution in [0, 0.1) is 23.2 Å². The summed E-state index contributed by atoms with van der Waals surface area (Å²) in [7, 11) is 4.21. The maximum absolute atomic E-state index is 5.91. The Balaban J connectivity index is 0.00000124. The predicted molar refractivity (Wildman–Crippen MR) is 129 cm³/mol. The molecule has 0 heterocycles. The maximum Gasteiger partial charge on any atom is 0.0650 e. The molecule has 5 unspecified atom stereocenters. The van der Waals surface area contributed by atoms with Crippen LogP contribution < -0.4 is 0 Å². The van der Waals surface area contributed by atoms with Crippen molar-refractivity contribution in [2.45, 2.75) is 72.1 Å². The molecule has 0 radical (unpaired) electrons. The van der Waals surface area contributed by atoms with Crippen LogP contribution in [-0.4, -0.2) is 38.8 Å². The SMILES string of the molecule is CC.CCC1Cc2ccccc2C2CCC3(C)/C(=C/COCCN(C)C)CCC3C12. The molecule has 1 aromatic carbocycles. The summed E-state index contributed by atoms with van der Waals surface area (Å²) in [6.07, 6.45) is 10.5. The summed E-state index contributed by atoms with van der Waals surface area (Å²) in [6, 6.07) is 9.34. The van der Waals surface area contributed by atoms with Crippen molar-refractivity contribution in [1.82, 2.24) is 4.90 Å². The molecule has 5 atom stereocenters. The van der Waals surface area contributed by atoms with E-state index in [0.717, 1.165) is 43.4 Å². The standard InChI is InChI=1S/C26H39NO.C2H6/c1-5-19-18-20-8-6-7-9-22(20)23-12-14-26(2)21(10-11-24(26)25(19)23)13-16-28-17-15-27(3)4;1-2/h6-9,13,19,23-25H,5,10-12,14-18H2,1-4H3;1-2H3/b21-13+;. The number of rotatable bonds is 6. The molecule has 0 saturated heterocycles. The van der Waals surface area contributed by atoms with Crippen molar-refractivity contribution in [3.63, 3.8) is 0 Å². The summed E-state index contributed by atoms with van der Waals surface area (Å²) in [5, 5.41) is 0. The third-order valence-corrected chi connectivity index (χ3v) is 8.32. The van der Waals surface area contributed by atoms with Crippen LogP contribution >= 0.6 is 0 Å². The maximum atomic E-state index is 5.91. The van der Waals surface area contributed by atoms with Gasteiger partial charge in [-0.05, 0) is 86.4 Å². The van der Waals surface area contributed by atoms with Crippen LogP contribution in [0.5, 0.6) is 0 Å². The third kappa shape index (κ3) is 4.55. The molecule has 3 aliphatic rings. The lowest BCUT2D eigenvalue weighted by Gasteiger charge is -2.52. The van der Waals surface area contributed by atoms with E-state index < -0.39 is 0 Å². The van der Waals surface area contributed by atoms with Gasteiger partial charge in [0.25, 0.3) is 0 Å². The summed E-state index contributed by atoms with van der Waals surface area (Å²) in [5.41, 5.74) is 5.44. The second-order valence-electron chi connectivity index (χ2n) is 9.96. The number of allylic oxidation sites excluding steroid dienone is 1. The zero-order valence-corrected chi connectivity index (χ0v) is 20.4. The lowest BCUT2D eigenvalue weighted by molar-refractivity contribution is 0.0409. The Morgan fingerprint density at radius 1 is 1.17 bits per heavy atom. The van der Waals surface area contributed by atoms with E-state index in [1.807, 2.05) is 13.8 Å². The first-order valence-electron chi connectivity index (χ1n) is 12.5. The molecule has 3 aliphatic carbocycles. The lowest BCUT2D eigenvalue weighted by atomic mass is 9.52. The molecule has 30 heavy (non-hydrogen) atoms. The van der Waals surface area contributed by atoms with Gasteiger partial charge < -0.3 is 9.64 Å². The highest BCUT2D eigenvalue weighted by atomic mass is 16.5. The molecule has 0 amide bonds. The topological polar surface area (TPSA) is 12.5 Å². The van der Waals surface area contributed by atoms with Gasteiger partial charge in [-0.1, -0.05) is 70.0 Å². The predicted octanol–water partition coefficient (Wildman–Crippen LogP) is 6.71. The molecule has 168 valence electrons. The molecule has 2 fully saturated rings. The number of fused-ring (bicyclic) bond motifs is 5. The average molecular weight is 412 g/mol. The second-order valence-corrected chi connectivity index (χ2v) is 9.96. The van der Waals surface area contributed by atoms with E-state index >= 15 is 0 Å². The molecule has 2 nitrogen and oxygen atoms in total. The number of ether oxygens (including phenoxy) is 1. The monoisotopic (exact) mass is 411 g/mol. The quantitative estimate of drug-likeness (QED) is 0.381. The van der Waals surface area contributed by atoms with Crippen LogP contribution in [0.15, 0.2) is 35.9 Å². The van der Waals surface area contributed by atoms with Crippen molar-refractivity contribution >= 4 is 0 Å². The smallest absolute Gasteiger partial charge is 0.0650 e. The van der Waals surface area contributed by atoms with E-state index in [2.05, 4.69) is 63.2 Å². The van der Waals surface area contributed by atoms with Gasteiger partial charge in [0, 0.05) is 6.54 Å². The lowest BCUT2D eigenvalue weighted by Crippen LogP contribution is -2.44. The van der Waals surface area contributed by atoms with Crippen molar-refractivity contribution in [2.75, 3.05) is 33.9 Å². The minimum atomic E-state index is 0.409. The normalized spacial score (nSPS) is 33.5. The zero-order valence-electron chi connectivity index (χ0n) is 20.4. The fourth-order valence-electron chi connectivity index (χ4n) is 6.81. The fraction of sp³-hybridized carbons (Fsp3) is 0.714. The molecule has 0 N–H and O–H groups in total. The molecule has 2 heteroatoms. The Kier molecular flexibility index (Phi) is 8.21. The van der Waals surface area contributed by atoms with E-state index in [9.17, 15) is 0 Å². The van der Waals surface area contributed by atoms with Gasteiger partial charge in [0.15, 0.2) is 0 Å². The Hall–Kier alpha value is -1.12. The molecule has 0 bridgehead atoms. The third-order valence-electron chi connectivity index (χ3n) is 8.32. The van der Waals surface area contributed by atoms with Crippen molar-refractivity contribution in [3.8, 4) is 0 Å². The average Bonchev–Trinajstić information content (AvgIpc) is 3.10. The van der Waals surface area contributed by atoms with Gasteiger partial charge in [0.1, 0.15) is 0 Å². The molecule has 0 spiro atoms. The highest BCUT2D eigenvalue weighted by Gasteiger charge is 2.54. The van der Waals surface area contributed by atoms with E-state index in [4.69, 9.17) is 4.74 Å². The van der Waals surface area contributed by atoms with Gasteiger partial charge >= 0.3 is 0 Å². The van der Waals surface area contributed by atoms with Gasteiger partial charge in [-0.25, -0.2) is 0 Å². The summed E-state index contributed by atoms with van der Waals surface area (Å²) in [5.74, 6) is 3.39. The summed E-state index contributed by atoms with van der Waals surface area (Å²) >= 11 is 0. The molecule has 0 aliphatic heterocycles. The number of benzene rings is 1. The van der Waals surface area contributed by atoms with Crippen LogP contribution in [0.25, 0.3) is 0 Å². The van der Waals surface area contributed by atoms with Crippen LogP contribution in [0.3, 0.4) is 0 Å². The van der Waals surface area contributed by atoms with Crippen molar-refractivity contribution in [2.24, 2.45) is 23.2 Å². The van der Waals surface area contributed by atoms with Crippen LogP contribution in [0.1, 0.15) is 76.8 Å². The van der Waals surface area contributed by atoms with Gasteiger partial charge in [0.05, 0.1) is 13.2 Å². The summed E-state index contributed by atoms with van der Waals surface area (Å²) in [4.78, 5) is 2.19. The Bertz CT molecular complexity index is 708. The molecule has 1 aromatic rings. The van der Waals surface area contributed by atoms with Crippen molar-refractivity contribution in [3.05, 3.63) is 47.0 Å². The largest absolute Gasteiger partial charge is 0.376 e. The summed E-state index contributed by atoms with van der Waals surface area (Å²) < 4.78 is 5.91. The molecule has 0 aromatic heterocycles. The summed E-state index contributed by atoms with van der Waals surface area (Å²) in [6.45, 7) is 11.6. The number of likely N-dealkylation sites (N-methyl/N-ethyl adjacent to an activating group) is 1. The highest BCUT2D eigenvalue weighted by molar-refractivity contribution is 5.37. The minimum absolute atomic E-state index is 0.409. The molecular formula is C28H45NO. The van der Waals surface area contributed by atoms with Gasteiger partial charge in [-0.2, -0.15) is 0 Å². The highest BCUT2D eigenvalue weighted by Crippen LogP contribution is 2.64. The first-order chi connectivity index (χ1) is 14.5. The van der Waals surface area contributed by atoms with Crippen molar-refractivity contribution < 1.29 is 4.74 Å². The number of nitrogens with zero attached hydrogens (tertiary/aromatic N) is 1. The number of hydrogen-bond acceptors (Lipinski definition) is 2. The minimum Gasteiger partial charge on any atom is -0.376 e. The van der Waals surface area contributed by atoms with Crippen LogP contribution in [0.4, 0.5) is 0 Å². The van der Waals surface area contributed by atoms with E-state index in [-0.39, 0.29) is 0 Å². The molecule has 4 rings (SSSR count). The second kappa shape index (κ2) is 10.5. The van der Waals surface area contributed by atoms with E-state index in [1.165, 1.54) is 38.5 Å². The van der Waals surface area contributed by atoms with E-state index in [0.29, 0.717) is 5.41 Å². The fourth-order valence-corrected chi connectivity index (χ4v) is 6.81. The molecule has 2 saturated carbocycles.